The summed E-state index contributed by atoms with van der Waals surface area (Å²) in [5.74, 6) is 0. The van der Waals surface area contributed by atoms with E-state index in [-0.39, 0.29) is 5.41 Å². The first-order valence-corrected chi connectivity index (χ1v) is 5.10. The minimum Gasteiger partial charge on any atom is -0.390 e. The Labute approximate surface area is 86.0 Å². The molecule has 0 saturated heterocycles. The summed E-state index contributed by atoms with van der Waals surface area (Å²) in [6.07, 6.45) is 2.33. The lowest BCUT2D eigenvalue weighted by Crippen LogP contribution is -2.28. The molecule has 0 radical (unpaired) electrons. The molecular weight excluding hydrogens is 176 g/mol. The smallest absolute Gasteiger partial charge is 0.101 e. The molecule has 80 valence electrons. The summed E-state index contributed by atoms with van der Waals surface area (Å²) < 4.78 is 0. The number of hydrogen-bond donors (Lipinski definition) is 2. The van der Waals surface area contributed by atoms with Crippen molar-refractivity contribution in [3.05, 3.63) is 23.8 Å². The van der Waals surface area contributed by atoms with Crippen LogP contribution < -0.4 is 0 Å². The van der Waals surface area contributed by atoms with E-state index in [1.807, 2.05) is 6.08 Å². The SMILES string of the molecule is C=C1C=C(C(O)C(C)O)CCC1(C)C. The Bertz CT molecular complexity index is 261. The number of aliphatic hydroxyl groups excluding tert-OH is 2. The molecule has 14 heavy (non-hydrogen) atoms. The van der Waals surface area contributed by atoms with Crippen LogP contribution in [0.3, 0.4) is 0 Å². The number of aliphatic hydroxyl groups is 2. The van der Waals surface area contributed by atoms with Gasteiger partial charge in [-0.2, -0.15) is 0 Å². The van der Waals surface area contributed by atoms with Crippen molar-refractivity contribution in [3.8, 4) is 0 Å². The topological polar surface area (TPSA) is 40.5 Å². The zero-order valence-corrected chi connectivity index (χ0v) is 9.25. The molecule has 0 spiro atoms. The molecule has 0 amide bonds. The van der Waals surface area contributed by atoms with Crippen LogP contribution in [0.15, 0.2) is 23.8 Å². The highest BCUT2D eigenvalue weighted by molar-refractivity contribution is 5.32. The van der Waals surface area contributed by atoms with Gasteiger partial charge < -0.3 is 10.2 Å². The van der Waals surface area contributed by atoms with Gasteiger partial charge in [-0.05, 0) is 36.3 Å². The Hall–Kier alpha value is -0.600. The van der Waals surface area contributed by atoms with E-state index in [0.29, 0.717) is 0 Å². The molecule has 1 rings (SSSR count). The average molecular weight is 196 g/mol. The van der Waals surface area contributed by atoms with Crippen molar-refractivity contribution in [2.24, 2.45) is 5.41 Å². The summed E-state index contributed by atoms with van der Waals surface area (Å²) in [5, 5.41) is 18.9. The normalized spacial score (nSPS) is 25.5. The highest BCUT2D eigenvalue weighted by Crippen LogP contribution is 2.38. The van der Waals surface area contributed by atoms with Crippen LogP contribution >= 0.6 is 0 Å². The molecule has 2 unspecified atom stereocenters. The lowest BCUT2D eigenvalue weighted by molar-refractivity contribution is 0.0509. The summed E-state index contributed by atoms with van der Waals surface area (Å²) in [6, 6.07) is 0. The first kappa shape index (κ1) is 11.5. The molecule has 0 heterocycles. The third kappa shape index (κ3) is 2.25. The van der Waals surface area contributed by atoms with Crippen LogP contribution in [-0.4, -0.2) is 22.4 Å². The molecule has 0 aromatic heterocycles. The molecule has 0 aliphatic heterocycles. The Balaban J connectivity index is 2.81. The van der Waals surface area contributed by atoms with Crippen molar-refractivity contribution in [1.82, 2.24) is 0 Å². The molecule has 0 aromatic rings. The number of rotatable bonds is 2. The molecule has 1 aliphatic carbocycles. The maximum Gasteiger partial charge on any atom is 0.101 e. The Morgan fingerprint density at radius 1 is 1.43 bits per heavy atom. The second kappa shape index (κ2) is 3.87. The molecule has 1 aliphatic rings. The first-order chi connectivity index (χ1) is 6.34. The number of hydrogen-bond acceptors (Lipinski definition) is 2. The monoisotopic (exact) mass is 196 g/mol. The summed E-state index contributed by atoms with van der Waals surface area (Å²) in [4.78, 5) is 0. The summed E-state index contributed by atoms with van der Waals surface area (Å²) >= 11 is 0. The maximum absolute atomic E-state index is 9.68. The van der Waals surface area contributed by atoms with Crippen LogP contribution in [0.4, 0.5) is 0 Å². The molecule has 2 heteroatoms. The van der Waals surface area contributed by atoms with Gasteiger partial charge in [0.15, 0.2) is 0 Å². The lowest BCUT2D eigenvalue weighted by Gasteiger charge is -2.33. The first-order valence-electron chi connectivity index (χ1n) is 5.10. The highest BCUT2D eigenvalue weighted by atomic mass is 16.3. The summed E-state index contributed by atoms with van der Waals surface area (Å²) in [5.41, 5.74) is 2.07. The van der Waals surface area contributed by atoms with Crippen LogP contribution in [0.25, 0.3) is 0 Å². The lowest BCUT2D eigenvalue weighted by atomic mass is 9.74. The fraction of sp³-hybridized carbons (Fsp3) is 0.667. The van der Waals surface area contributed by atoms with E-state index in [0.717, 1.165) is 24.0 Å². The van der Waals surface area contributed by atoms with Gasteiger partial charge in [0.2, 0.25) is 0 Å². The fourth-order valence-electron chi connectivity index (χ4n) is 1.65. The van der Waals surface area contributed by atoms with Gasteiger partial charge in [-0.25, -0.2) is 0 Å². The third-order valence-electron chi connectivity index (χ3n) is 3.10. The third-order valence-corrected chi connectivity index (χ3v) is 3.10. The zero-order valence-electron chi connectivity index (χ0n) is 9.25. The minimum absolute atomic E-state index is 0.127. The van der Waals surface area contributed by atoms with E-state index in [9.17, 15) is 10.2 Å². The van der Waals surface area contributed by atoms with Crippen molar-refractivity contribution in [3.63, 3.8) is 0 Å². The Kier molecular flexibility index (Phi) is 3.17. The zero-order chi connectivity index (χ0) is 10.9. The minimum atomic E-state index is -0.733. The van der Waals surface area contributed by atoms with Crippen LogP contribution in [0.5, 0.6) is 0 Å². The fourth-order valence-corrected chi connectivity index (χ4v) is 1.65. The van der Waals surface area contributed by atoms with Crippen molar-refractivity contribution in [2.75, 3.05) is 0 Å². The van der Waals surface area contributed by atoms with Gasteiger partial charge in [0, 0.05) is 0 Å². The predicted octanol–water partition coefficient (Wildman–Crippen LogP) is 2.03. The molecule has 2 N–H and O–H groups in total. The standard InChI is InChI=1S/C12H20O2/c1-8-7-10(11(14)9(2)13)5-6-12(8,3)4/h7,9,11,13-14H,1,5-6H2,2-4H3. The molecule has 0 bridgehead atoms. The van der Waals surface area contributed by atoms with Gasteiger partial charge in [0.05, 0.1) is 6.10 Å². The van der Waals surface area contributed by atoms with Crippen molar-refractivity contribution >= 4 is 0 Å². The highest BCUT2D eigenvalue weighted by Gasteiger charge is 2.28. The molecule has 2 nitrogen and oxygen atoms in total. The molecule has 0 fully saturated rings. The Morgan fingerprint density at radius 3 is 2.43 bits per heavy atom. The van der Waals surface area contributed by atoms with Crippen LogP contribution in [0, 0.1) is 5.41 Å². The van der Waals surface area contributed by atoms with E-state index in [4.69, 9.17) is 0 Å². The van der Waals surface area contributed by atoms with Crippen molar-refractivity contribution < 1.29 is 10.2 Å². The van der Waals surface area contributed by atoms with Gasteiger partial charge in [-0.15, -0.1) is 0 Å². The predicted molar refractivity (Wildman–Crippen MR) is 57.9 cm³/mol. The maximum atomic E-state index is 9.68. The largest absolute Gasteiger partial charge is 0.390 e. The van der Waals surface area contributed by atoms with Gasteiger partial charge in [-0.3, -0.25) is 0 Å². The average Bonchev–Trinajstić information content (AvgIpc) is 2.08. The second-order valence-electron chi connectivity index (χ2n) is 4.81. The quantitative estimate of drug-likeness (QED) is 0.709. The van der Waals surface area contributed by atoms with Crippen LogP contribution in [-0.2, 0) is 0 Å². The van der Waals surface area contributed by atoms with E-state index < -0.39 is 12.2 Å². The Morgan fingerprint density at radius 2 is 2.00 bits per heavy atom. The van der Waals surface area contributed by atoms with Gasteiger partial charge >= 0.3 is 0 Å². The summed E-state index contributed by atoms with van der Waals surface area (Å²) in [7, 11) is 0. The summed E-state index contributed by atoms with van der Waals surface area (Å²) in [6.45, 7) is 9.90. The second-order valence-corrected chi connectivity index (χ2v) is 4.81. The van der Waals surface area contributed by atoms with E-state index in [1.165, 1.54) is 0 Å². The van der Waals surface area contributed by atoms with Gasteiger partial charge in [0.1, 0.15) is 6.10 Å². The van der Waals surface area contributed by atoms with E-state index >= 15 is 0 Å². The van der Waals surface area contributed by atoms with Gasteiger partial charge in [0.25, 0.3) is 0 Å². The molecule has 2 atom stereocenters. The van der Waals surface area contributed by atoms with Gasteiger partial charge in [-0.1, -0.05) is 26.5 Å². The van der Waals surface area contributed by atoms with Crippen LogP contribution in [0.1, 0.15) is 33.6 Å². The van der Waals surface area contributed by atoms with Crippen molar-refractivity contribution in [1.29, 1.82) is 0 Å². The van der Waals surface area contributed by atoms with Crippen LogP contribution in [0.2, 0.25) is 0 Å². The molecule has 0 aromatic carbocycles. The number of allylic oxidation sites excluding steroid dienone is 2. The van der Waals surface area contributed by atoms with E-state index in [2.05, 4.69) is 20.4 Å². The van der Waals surface area contributed by atoms with Crippen molar-refractivity contribution in [2.45, 2.75) is 45.8 Å². The molecular formula is C12H20O2. The molecule has 0 saturated carbocycles. The van der Waals surface area contributed by atoms with E-state index in [1.54, 1.807) is 6.92 Å².